The predicted molar refractivity (Wildman–Crippen MR) is 58.3 cm³/mol. The van der Waals surface area contributed by atoms with Gasteiger partial charge in [-0.2, -0.15) is 0 Å². The zero-order chi connectivity index (χ0) is 8.67. The van der Waals surface area contributed by atoms with Crippen molar-refractivity contribution in [2.24, 2.45) is 11.8 Å². The number of allylic oxidation sites excluding steroid dienone is 1. The van der Waals surface area contributed by atoms with Crippen molar-refractivity contribution < 1.29 is 0 Å². The van der Waals surface area contributed by atoms with Gasteiger partial charge in [0, 0.05) is 6.54 Å². The Morgan fingerprint density at radius 1 is 1.36 bits per heavy atom. The zero-order valence-corrected chi connectivity index (χ0v) is 8.68. The first-order valence-corrected chi connectivity index (χ1v) is 4.83. The normalized spacial score (nSPS) is 29.6. The number of rotatable bonds is 1. The molecule has 0 radical (unpaired) electrons. The van der Waals surface area contributed by atoms with Crippen molar-refractivity contribution in [1.29, 1.82) is 0 Å². The standard InChI is InChI=1S/C10H13N3.ClH/c1-7(10-5-12-6-13-10)2-9-4-11-3-8(1)9;/h1,5-6,8-9,11H,2-4H2,(H,12,13);1H/t8-,9+;/m0./s1. The number of fused-ring (bicyclic) bond motifs is 1. The number of H-pyrrole nitrogens is 1. The van der Waals surface area contributed by atoms with Crippen LogP contribution in [0.2, 0.25) is 0 Å². The summed E-state index contributed by atoms with van der Waals surface area (Å²) in [6, 6.07) is 0. The van der Waals surface area contributed by atoms with Crippen LogP contribution >= 0.6 is 12.4 Å². The van der Waals surface area contributed by atoms with Crippen molar-refractivity contribution in [3.05, 3.63) is 24.3 Å². The molecule has 14 heavy (non-hydrogen) atoms. The minimum atomic E-state index is 0. The van der Waals surface area contributed by atoms with E-state index in [-0.39, 0.29) is 12.4 Å². The number of halogens is 1. The summed E-state index contributed by atoms with van der Waals surface area (Å²) in [7, 11) is 0. The largest absolute Gasteiger partial charge is 0.345 e. The third-order valence-electron chi connectivity index (χ3n) is 3.13. The molecule has 1 aliphatic carbocycles. The van der Waals surface area contributed by atoms with Crippen LogP contribution in [0.25, 0.3) is 5.57 Å². The number of imidazole rings is 1. The fourth-order valence-corrected chi connectivity index (χ4v) is 2.41. The monoisotopic (exact) mass is 211 g/mol. The van der Waals surface area contributed by atoms with Crippen molar-refractivity contribution in [2.45, 2.75) is 6.42 Å². The van der Waals surface area contributed by atoms with Gasteiger partial charge in [-0.1, -0.05) is 6.08 Å². The Kier molecular flexibility index (Phi) is 2.61. The Labute approximate surface area is 89.4 Å². The first kappa shape index (κ1) is 9.74. The lowest BCUT2D eigenvalue weighted by Gasteiger charge is -2.04. The Morgan fingerprint density at radius 3 is 3.00 bits per heavy atom. The maximum absolute atomic E-state index is 4.05. The molecule has 0 aromatic carbocycles. The van der Waals surface area contributed by atoms with E-state index >= 15 is 0 Å². The van der Waals surface area contributed by atoms with Crippen LogP contribution in [0.4, 0.5) is 0 Å². The molecule has 2 N–H and O–H groups in total. The fraction of sp³-hybridized carbons (Fsp3) is 0.500. The minimum absolute atomic E-state index is 0. The lowest BCUT2D eigenvalue weighted by Crippen LogP contribution is -2.09. The SMILES string of the molecule is C1=C(c2cnc[nH]2)C[C@@H]2CNC[C@H]12.Cl. The number of nitrogens with one attached hydrogen (secondary N) is 2. The molecule has 1 aliphatic heterocycles. The topological polar surface area (TPSA) is 40.7 Å². The van der Waals surface area contributed by atoms with Gasteiger partial charge in [-0.05, 0) is 30.4 Å². The summed E-state index contributed by atoms with van der Waals surface area (Å²) in [5, 5.41) is 3.42. The number of aromatic nitrogens is 2. The van der Waals surface area contributed by atoms with Crippen LogP contribution in [0.1, 0.15) is 12.1 Å². The molecule has 0 amide bonds. The molecule has 4 heteroatoms. The van der Waals surface area contributed by atoms with Gasteiger partial charge in [0.15, 0.2) is 0 Å². The predicted octanol–water partition coefficient (Wildman–Crippen LogP) is 1.45. The van der Waals surface area contributed by atoms with Gasteiger partial charge in [0.1, 0.15) is 0 Å². The summed E-state index contributed by atoms with van der Waals surface area (Å²) < 4.78 is 0. The van der Waals surface area contributed by atoms with Gasteiger partial charge in [0.2, 0.25) is 0 Å². The van der Waals surface area contributed by atoms with E-state index in [1.54, 1.807) is 6.33 Å². The summed E-state index contributed by atoms with van der Waals surface area (Å²) >= 11 is 0. The van der Waals surface area contributed by atoms with Crippen LogP contribution < -0.4 is 5.32 Å². The van der Waals surface area contributed by atoms with Gasteiger partial charge >= 0.3 is 0 Å². The van der Waals surface area contributed by atoms with Crippen molar-refractivity contribution in [3.63, 3.8) is 0 Å². The maximum atomic E-state index is 4.05. The lowest BCUT2D eigenvalue weighted by atomic mass is 9.99. The van der Waals surface area contributed by atoms with Gasteiger partial charge in [-0.15, -0.1) is 12.4 Å². The van der Waals surface area contributed by atoms with Crippen molar-refractivity contribution in [2.75, 3.05) is 13.1 Å². The lowest BCUT2D eigenvalue weighted by molar-refractivity contribution is 0.536. The maximum Gasteiger partial charge on any atom is 0.0924 e. The summed E-state index contributed by atoms with van der Waals surface area (Å²) in [5.74, 6) is 1.59. The van der Waals surface area contributed by atoms with E-state index in [2.05, 4.69) is 21.4 Å². The quantitative estimate of drug-likeness (QED) is 0.739. The van der Waals surface area contributed by atoms with E-state index in [0.29, 0.717) is 0 Å². The molecule has 0 spiro atoms. The van der Waals surface area contributed by atoms with Gasteiger partial charge < -0.3 is 10.3 Å². The van der Waals surface area contributed by atoms with Crippen LogP contribution in [0.3, 0.4) is 0 Å². The Bertz CT molecular complexity index is 331. The Balaban J connectivity index is 0.000000750. The molecule has 3 nitrogen and oxygen atoms in total. The molecule has 1 saturated heterocycles. The zero-order valence-electron chi connectivity index (χ0n) is 7.86. The smallest absolute Gasteiger partial charge is 0.0924 e. The molecule has 3 rings (SSSR count). The van der Waals surface area contributed by atoms with E-state index in [4.69, 9.17) is 0 Å². The third-order valence-corrected chi connectivity index (χ3v) is 3.13. The van der Waals surface area contributed by atoms with Crippen molar-refractivity contribution >= 4 is 18.0 Å². The molecule has 1 fully saturated rings. The van der Waals surface area contributed by atoms with E-state index in [9.17, 15) is 0 Å². The van der Waals surface area contributed by atoms with Crippen LogP contribution in [0.15, 0.2) is 18.6 Å². The second-order valence-electron chi connectivity index (χ2n) is 3.94. The highest BCUT2D eigenvalue weighted by Crippen LogP contribution is 2.37. The molecule has 1 aromatic rings. The second kappa shape index (κ2) is 3.75. The van der Waals surface area contributed by atoms with Gasteiger partial charge in [-0.3, -0.25) is 0 Å². The fourth-order valence-electron chi connectivity index (χ4n) is 2.41. The molecule has 0 unspecified atom stereocenters. The van der Waals surface area contributed by atoms with Crippen LogP contribution in [0, 0.1) is 11.8 Å². The molecule has 2 heterocycles. The van der Waals surface area contributed by atoms with Crippen LogP contribution in [0.5, 0.6) is 0 Å². The van der Waals surface area contributed by atoms with E-state index in [0.717, 1.165) is 18.4 Å². The highest BCUT2D eigenvalue weighted by molar-refractivity contribution is 5.85. The Hall–Kier alpha value is -0.800. The second-order valence-corrected chi connectivity index (χ2v) is 3.94. The van der Waals surface area contributed by atoms with E-state index in [1.807, 2.05) is 6.20 Å². The highest BCUT2D eigenvalue weighted by Gasteiger charge is 2.31. The average Bonchev–Trinajstić information content (AvgIpc) is 2.78. The van der Waals surface area contributed by atoms with Gasteiger partial charge in [0.05, 0.1) is 18.2 Å². The number of hydrogen-bond acceptors (Lipinski definition) is 2. The Morgan fingerprint density at radius 2 is 2.29 bits per heavy atom. The number of aromatic amines is 1. The molecular weight excluding hydrogens is 198 g/mol. The minimum Gasteiger partial charge on any atom is -0.345 e. The summed E-state index contributed by atoms with van der Waals surface area (Å²) in [6.07, 6.45) is 7.28. The number of nitrogens with zero attached hydrogens (tertiary/aromatic N) is 1. The van der Waals surface area contributed by atoms with E-state index in [1.165, 1.54) is 24.2 Å². The molecule has 2 aliphatic rings. The molecule has 2 atom stereocenters. The van der Waals surface area contributed by atoms with Crippen LogP contribution in [-0.2, 0) is 0 Å². The van der Waals surface area contributed by atoms with Crippen molar-refractivity contribution in [1.82, 2.24) is 15.3 Å². The van der Waals surface area contributed by atoms with Gasteiger partial charge in [0.25, 0.3) is 0 Å². The average molecular weight is 212 g/mol. The summed E-state index contributed by atoms with van der Waals surface area (Å²) in [4.78, 5) is 7.22. The molecule has 0 bridgehead atoms. The first-order valence-electron chi connectivity index (χ1n) is 4.83. The molecule has 1 aromatic heterocycles. The molecular formula is C10H14ClN3. The highest BCUT2D eigenvalue weighted by atomic mass is 35.5. The molecule has 0 saturated carbocycles. The molecule has 76 valence electrons. The van der Waals surface area contributed by atoms with Gasteiger partial charge in [-0.25, -0.2) is 4.98 Å². The van der Waals surface area contributed by atoms with E-state index < -0.39 is 0 Å². The summed E-state index contributed by atoms with van der Waals surface area (Å²) in [6.45, 7) is 2.33. The summed E-state index contributed by atoms with van der Waals surface area (Å²) in [5.41, 5.74) is 2.66. The first-order chi connectivity index (χ1) is 6.43. The van der Waals surface area contributed by atoms with Crippen molar-refractivity contribution in [3.8, 4) is 0 Å². The van der Waals surface area contributed by atoms with Crippen LogP contribution in [-0.4, -0.2) is 23.1 Å². The third kappa shape index (κ3) is 1.47. The number of hydrogen-bond donors (Lipinski definition) is 2.